The molecule has 1 amide bonds. The fourth-order valence-electron chi connectivity index (χ4n) is 4.01. The standard InChI is InChI=1S/C23H25N5O/c29-22(13-19-5-1-3-11-25-19)27-14-17-7-9-18(10-8-17)23-20(15-24-16-28-23)21-6-2-4-12-26-21/h1-6,11-12,15-18H,7-10,13-14H2,(H,27,29). The third kappa shape index (κ3) is 5.02. The van der Waals surface area contributed by atoms with Crippen LogP contribution in [0.25, 0.3) is 11.3 Å². The molecule has 0 atom stereocenters. The Morgan fingerprint density at radius 2 is 1.76 bits per heavy atom. The first-order chi connectivity index (χ1) is 14.3. The largest absolute Gasteiger partial charge is 0.355 e. The number of hydrogen-bond acceptors (Lipinski definition) is 5. The van der Waals surface area contributed by atoms with Crippen molar-refractivity contribution in [3.8, 4) is 11.3 Å². The molecule has 1 fully saturated rings. The Bertz CT molecular complexity index is 924. The molecular weight excluding hydrogens is 362 g/mol. The van der Waals surface area contributed by atoms with Gasteiger partial charge in [0, 0.05) is 42.3 Å². The Balaban J connectivity index is 1.31. The lowest BCUT2D eigenvalue weighted by Gasteiger charge is -2.29. The molecule has 3 heterocycles. The quantitative estimate of drug-likeness (QED) is 0.699. The van der Waals surface area contributed by atoms with Gasteiger partial charge in [0.25, 0.3) is 0 Å². The molecule has 4 rings (SSSR count). The van der Waals surface area contributed by atoms with Gasteiger partial charge in [0.15, 0.2) is 0 Å². The van der Waals surface area contributed by atoms with Crippen LogP contribution in [0.3, 0.4) is 0 Å². The topological polar surface area (TPSA) is 80.7 Å². The van der Waals surface area contributed by atoms with Gasteiger partial charge in [-0.3, -0.25) is 14.8 Å². The molecule has 0 aliphatic heterocycles. The number of amides is 1. The Morgan fingerprint density at radius 1 is 0.966 bits per heavy atom. The second-order valence-corrected chi connectivity index (χ2v) is 7.56. The highest BCUT2D eigenvalue weighted by atomic mass is 16.1. The second kappa shape index (κ2) is 9.37. The van der Waals surface area contributed by atoms with E-state index in [1.807, 2.05) is 42.6 Å². The Morgan fingerprint density at radius 3 is 2.48 bits per heavy atom. The van der Waals surface area contributed by atoms with Gasteiger partial charge in [0.1, 0.15) is 6.33 Å². The molecule has 0 radical (unpaired) electrons. The summed E-state index contributed by atoms with van der Waals surface area (Å²) in [6, 6.07) is 11.6. The summed E-state index contributed by atoms with van der Waals surface area (Å²) in [6.45, 7) is 0.731. The maximum Gasteiger partial charge on any atom is 0.226 e. The van der Waals surface area contributed by atoms with E-state index in [0.29, 0.717) is 18.3 Å². The number of aromatic nitrogens is 4. The van der Waals surface area contributed by atoms with Crippen LogP contribution in [-0.4, -0.2) is 32.4 Å². The predicted molar refractivity (Wildman–Crippen MR) is 111 cm³/mol. The van der Waals surface area contributed by atoms with Crippen LogP contribution in [0.5, 0.6) is 0 Å². The van der Waals surface area contributed by atoms with Crippen LogP contribution in [-0.2, 0) is 11.2 Å². The summed E-state index contributed by atoms with van der Waals surface area (Å²) < 4.78 is 0. The lowest BCUT2D eigenvalue weighted by atomic mass is 9.79. The zero-order chi connectivity index (χ0) is 19.9. The number of carbonyl (C=O) groups is 1. The van der Waals surface area contributed by atoms with Gasteiger partial charge in [0.2, 0.25) is 5.91 Å². The molecule has 0 aromatic carbocycles. The average molecular weight is 387 g/mol. The summed E-state index contributed by atoms with van der Waals surface area (Å²) in [5.74, 6) is 0.966. The summed E-state index contributed by atoms with van der Waals surface area (Å²) in [4.78, 5) is 29.7. The minimum Gasteiger partial charge on any atom is -0.355 e. The number of nitrogens with one attached hydrogen (secondary N) is 1. The zero-order valence-corrected chi connectivity index (χ0v) is 16.4. The highest BCUT2D eigenvalue weighted by Gasteiger charge is 2.26. The minimum absolute atomic E-state index is 0.0408. The van der Waals surface area contributed by atoms with Gasteiger partial charge in [-0.25, -0.2) is 9.97 Å². The van der Waals surface area contributed by atoms with Crippen LogP contribution in [0.15, 0.2) is 61.3 Å². The fraction of sp³-hybridized carbons (Fsp3) is 0.348. The van der Waals surface area contributed by atoms with Crippen molar-refractivity contribution in [2.45, 2.75) is 38.0 Å². The van der Waals surface area contributed by atoms with Crippen LogP contribution < -0.4 is 5.32 Å². The van der Waals surface area contributed by atoms with Crippen molar-refractivity contribution in [1.29, 1.82) is 0 Å². The molecular formula is C23H25N5O. The fourth-order valence-corrected chi connectivity index (χ4v) is 4.01. The molecule has 1 saturated carbocycles. The summed E-state index contributed by atoms with van der Waals surface area (Å²) in [7, 11) is 0. The molecule has 0 saturated heterocycles. The molecule has 6 nitrogen and oxygen atoms in total. The van der Waals surface area contributed by atoms with Crippen LogP contribution in [0.4, 0.5) is 0 Å². The minimum atomic E-state index is 0.0408. The Hall–Kier alpha value is -3.15. The first-order valence-corrected chi connectivity index (χ1v) is 10.2. The van der Waals surface area contributed by atoms with Crippen LogP contribution >= 0.6 is 0 Å². The molecule has 0 spiro atoms. The van der Waals surface area contributed by atoms with Crippen molar-refractivity contribution < 1.29 is 4.79 Å². The van der Waals surface area contributed by atoms with Gasteiger partial charge in [-0.15, -0.1) is 0 Å². The molecule has 3 aromatic heterocycles. The van der Waals surface area contributed by atoms with Crippen molar-refractivity contribution >= 4 is 5.91 Å². The molecule has 3 aromatic rings. The van der Waals surface area contributed by atoms with Gasteiger partial charge in [-0.05, 0) is 55.9 Å². The zero-order valence-electron chi connectivity index (χ0n) is 16.4. The van der Waals surface area contributed by atoms with Gasteiger partial charge in [-0.2, -0.15) is 0 Å². The SMILES string of the molecule is O=C(Cc1ccccn1)NCC1CCC(c2ncncc2-c2ccccn2)CC1. The number of nitrogens with zero attached hydrogens (tertiary/aromatic N) is 4. The van der Waals surface area contributed by atoms with Crippen LogP contribution in [0, 0.1) is 5.92 Å². The first kappa shape index (κ1) is 19.2. The van der Waals surface area contributed by atoms with E-state index in [1.54, 1.807) is 18.7 Å². The molecule has 29 heavy (non-hydrogen) atoms. The predicted octanol–water partition coefficient (Wildman–Crippen LogP) is 3.57. The number of pyridine rings is 2. The summed E-state index contributed by atoms with van der Waals surface area (Å²) in [5, 5.41) is 3.08. The Labute approximate surface area is 170 Å². The van der Waals surface area contributed by atoms with E-state index in [9.17, 15) is 4.79 Å². The van der Waals surface area contributed by atoms with E-state index in [0.717, 1.165) is 54.9 Å². The normalized spacial score (nSPS) is 18.9. The second-order valence-electron chi connectivity index (χ2n) is 7.56. The highest BCUT2D eigenvalue weighted by molar-refractivity contribution is 5.78. The molecule has 1 aliphatic carbocycles. The van der Waals surface area contributed by atoms with Crippen molar-refractivity contribution in [2.24, 2.45) is 5.92 Å². The van der Waals surface area contributed by atoms with E-state index in [2.05, 4.69) is 25.3 Å². The molecule has 1 N–H and O–H groups in total. The molecule has 148 valence electrons. The van der Waals surface area contributed by atoms with E-state index in [-0.39, 0.29) is 5.91 Å². The van der Waals surface area contributed by atoms with Gasteiger partial charge >= 0.3 is 0 Å². The van der Waals surface area contributed by atoms with Crippen LogP contribution in [0.1, 0.15) is 43.0 Å². The third-order valence-corrected chi connectivity index (χ3v) is 5.57. The van der Waals surface area contributed by atoms with Crippen LogP contribution in [0.2, 0.25) is 0 Å². The van der Waals surface area contributed by atoms with Crippen molar-refractivity contribution in [2.75, 3.05) is 6.54 Å². The van der Waals surface area contributed by atoms with E-state index in [1.165, 1.54) is 0 Å². The monoisotopic (exact) mass is 387 g/mol. The van der Waals surface area contributed by atoms with Crippen molar-refractivity contribution in [3.63, 3.8) is 0 Å². The first-order valence-electron chi connectivity index (χ1n) is 10.2. The van der Waals surface area contributed by atoms with Gasteiger partial charge < -0.3 is 5.32 Å². The number of carbonyl (C=O) groups excluding carboxylic acids is 1. The molecule has 0 unspecified atom stereocenters. The summed E-state index contributed by atoms with van der Waals surface area (Å²) in [5.41, 5.74) is 3.85. The van der Waals surface area contributed by atoms with Gasteiger partial charge in [-0.1, -0.05) is 12.1 Å². The third-order valence-electron chi connectivity index (χ3n) is 5.57. The maximum atomic E-state index is 12.2. The number of rotatable bonds is 6. The van der Waals surface area contributed by atoms with E-state index < -0.39 is 0 Å². The summed E-state index contributed by atoms with van der Waals surface area (Å²) in [6.07, 6.45) is 11.7. The highest BCUT2D eigenvalue weighted by Crippen LogP contribution is 2.38. The lowest BCUT2D eigenvalue weighted by Crippen LogP contribution is -2.32. The molecule has 1 aliphatic rings. The maximum absolute atomic E-state index is 12.2. The van der Waals surface area contributed by atoms with E-state index in [4.69, 9.17) is 0 Å². The Kier molecular flexibility index (Phi) is 6.19. The smallest absolute Gasteiger partial charge is 0.226 e. The average Bonchev–Trinajstić information content (AvgIpc) is 2.79. The molecule has 0 bridgehead atoms. The van der Waals surface area contributed by atoms with Crippen molar-refractivity contribution in [1.82, 2.24) is 25.3 Å². The molecule has 6 heteroatoms. The van der Waals surface area contributed by atoms with E-state index >= 15 is 0 Å². The number of hydrogen-bond donors (Lipinski definition) is 1. The summed E-state index contributed by atoms with van der Waals surface area (Å²) >= 11 is 0. The van der Waals surface area contributed by atoms with Crippen molar-refractivity contribution in [3.05, 3.63) is 72.7 Å². The lowest BCUT2D eigenvalue weighted by molar-refractivity contribution is -0.120. The van der Waals surface area contributed by atoms with Gasteiger partial charge in [0.05, 0.1) is 17.8 Å².